The lowest BCUT2D eigenvalue weighted by molar-refractivity contribution is -0.139. The van der Waals surface area contributed by atoms with Crippen molar-refractivity contribution >= 4 is 11.8 Å². The Morgan fingerprint density at radius 3 is 2.57 bits per heavy atom. The van der Waals surface area contributed by atoms with Crippen LogP contribution in [0.5, 0.6) is 5.75 Å². The van der Waals surface area contributed by atoms with Gasteiger partial charge in [-0.25, -0.2) is 0 Å². The number of hydrogen-bond acceptors (Lipinski definition) is 4. The Morgan fingerprint density at radius 2 is 1.95 bits per heavy atom. The number of para-hydroxylation sites is 1. The summed E-state index contributed by atoms with van der Waals surface area (Å²) in [7, 11) is 3.13. The van der Waals surface area contributed by atoms with Gasteiger partial charge in [0.1, 0.15) is 11.9 Å². The van der Waals surface area contributed by atoms with E-state index in [0.717, 1.165) is 18.4 Å². The highest BCUT2D eigenvalue weighted by atomic mass is 16.5. The first kappa shape index (κ1) is 15.3. The number of hydrogen-bond donors (Lipinski definition) is 2. The van der Waals surface area contributed by atoms with E-state index in [1.54, 1.807) is 14.2 Å². The lowest BCUT2D eigenvalue weighted by Crippen LogP contribution is -2.42. The Labute approximate surface area is 123 Å². The van der Waals surface area contributed by atoms with Gasteiger partial charge in [0.05, 0.1) is 7.11 Å². The molecule has 114 valence electrons. The van der Waals surface area contributed by atoms with Crippen molar-refractivity contribution in [2.45, 2.75) is 25.0 Å². The molecule has 0 radical (unpaired) electrons. The summed E-state index contributed by atoms with van der Waals surface area (Å²) in [4.78, 5) is 23.3. The molecule has 2 amide bonds. The van der Waals surface area contributed by atoms with Gasteiger partial charge in [0.25, 0.3) is 0 Å². The van der Waals surface area contributed by atoms with E-state index in [9.17, 15) is 9.59 Å². The summed E-state index contributed by atoms with van der Waals surface area (Å²) in [6, 6.07) is 7.57. The van der Waals surface area contributed by atoms with Crippen molar-refractivity contribution in [2.24, 2.45) is 0 Å². The van der Waals surface area contributed by atoms with Crippen LogP contribution in [-0.2, 0) is 14.3 Å². The summed E-state index contributed by atoms with van der Waals surface area (Å²) in [6.07, 6.45) is 1.51. The molecule has 1 fully saturated rings. The largest absolute Gasteiger partial charge is 0.496 e. The molecule has 0 heterocycles. The summed E-state index contributed by atoms with van der Waals surface area (Å²) in [5.41, 5.74) is 0.824. The first-order chi connectivity index (χ1) is 10.2. The predicted octanol–water partition coefficient (Wildman–Crippen LogP) is 0.777. The fraction of sp³-hybridized carbons (Fsp3) is 0.467. The van der Waals surface area contributed by atoms with E-state index in [1.807, 2.05) is 24.3 Å². The maximum Gasteiger partial charge on any atom is 0.309 e. The highest BCUT2D eigenvalue weighted by Gasteiger charge is 2.26. The topological polar surface area (TPSA) is 76.7 Å². The lowest BCUT2D eigenvalue weighted by atomic mass is 10.1. The average Bonchev–Trinajstić information content (AvgIpc) is 3.32. The molecule has 1 aliphatic carbocycles. The number of rotatable bonds is 6. The third-order valence-electron chi connectivity index (χ3n) is 3.34. The molecule has 2 rings (SSSR count). The zero-order valence-electron chi connectivity index (χ0n) is 12.2. The fourth-order valence-electron chi connectivity index (χ4n) is 2.00. The highest BCUT2D eigenvalue weighted by molar-refractivity contribution is 6.35. The van der Waals surface area contributed by atoms with Gasteiger partial charge in [-0.15, -0.1) is 0 Å². The second-order valence-electron chi connectivity index (χ2n) is 4.92. The molecule has 1 unspecified atom stereocenters. The van der Waals surface area contributed by atoms with Crippen molar-refractivity contribution in [3.63, 3.8) is 0 Å². The average molecular weight is 292 g/mol. The van der Waals surface area contributed by atoms with Crippen molar-refractivity contribution < 1.29 is 19.1 Å². The SMILES string of the molecule is COc1ccccc1C(CNC(=O)C(=O)NC1CC1)OC. The molecule has 1 aromatic rings. The Morgan fingerprint density at radius 1 is 1.24 bits per heavy atom. The molecule has 6 heteroatoms. The van der Waals surface area contributed by atoms with Crippen molar-refractivity contribution in [3.05, 3.63) is 29.8 Å². The van der Waals surface area contributed by atoms with Crippen LogP contribution in [0.15, 0.2) is 24.3 Å². The van der Waals surface area contributed by atoms with Crippen LogP contribution in [0.3, 0.4) is 0 Å². The van der Waals surface area contributed by atoms with E-state index >= 15 is 0 Å². The van der Waals surface area contributed by atoms with Crippen LogP contribution in [0.1, 0.15) is 24.5 Å². The molecule has 6 nitrogen and oxygen atoms in total. The second kappa shape index (κ2) is 7.08. The van der Waals surface area contributed by atoms with Crippen LogP contribution in [0.4, 0.5) is 0 Å². The Hall–Kier alpha value is -2.08. The van der Waals surface area contributed by atoms with Gasteiger partial charge in [0.15, 0.2) is 0 Å². The van der Waals surface area contributed by atoms with Crippen LogP contribution < -0.4 is 15.4 Å². The highest BCUT2D eigenvalue weighted by Crippen LogP contribution is 2.26. The van der Waals surface area contributed by atoms with E-state index in [2.05, 4.69) is 10.6 Å². The van der Waals surface area contributed by atoms with Crippen LogP contribution in [-0.4, -0.2) is 38.6 Å². The third kappa shape index (κ3) is 4.19. The van der Waals surface area contributed by atoms with Crippen molar-refractivity contribution in [3.8, 4) is 5.75 Å². The van der Waals surface area contributed by atoms with Crippen LogP contribution in [0, 0.1) is 0 Å². The molecule has 0 aromatic heterocycles. The van der Waals surface area contributed by atoms with Crippen LogP contribution >= 0.6 is 0 Å². The second-order valence-corrected chi connectivity index (χ2v) is 4.92. The van der Waals surface area contributed by atoms with Gasteiger partial charge in [-0.1, -0.05) is 18.2 Å². The maximum absolute atomic E-state index is 11.7. The monoisotopic (exact) mass is 292 g/mol. The first-order valence-electron chi connectivity index (χ1n) is 6.90. The Bertz CT molecular complexity index is 514. The van der Waals surface area contributed by atoms with Crippen molar-refractivity contribution in [2.75, 3.05) is 20.8 Å². The van der Waals surface area contributed by atoms with Gasteiger partial charge in [-0.05, 0) is 18.9 Å². The van der Waals surface area contributed by atoms with Crippen LogP contribution in [0.2, 0.25) is 0 Å². The van der Waals surface area contributed by atoms with E-state index in [4.69, 9.17) is 9.47 Å². The number of carbonyl (C=O) groups is 2. The van der Waals surface area contributed by atoms with Crippen molar-refractivity contribution in [1.29, 1.82) is 0 Å². The minimum absolute atomic E-state index is 0.163. The Balaban J connectivity index is 1.92. The van der Waals surface area contributed by atoms with E-state index < -0.39 is 11.8 Å². The third-order valence-corrected chi connectivity index (χ3v) is 3.34. The van der Waals surface area contributed by atoms with Gasteiger partial charge in [-0.3, -0.25) is 9.59 Å². The maximum atomic E-state index is 11.7. The predicted molar refractivity (Wildman–Crippen MR) is 76.9 cm³/mol. The summed E-state index contributed by atoms with van der Waals surface area (Å²) < 4.78 is 10.6. The number of methoxy groups -OCH3 is 2. The van der Waals surface area contributed by atoms with Gasteiger partial charge in [0.2, 0.25) is 0 Å². The van der Waals surface area contributed by atoms with E-state index in [-0.39, 0.29) is 18.7 Å². The van der Waals surface area contributed by atoms with Gasteiger partial charge in [0, 0.05) is 25.3 Å². The number of benzene rings is 1. The minimum atomic E-state index is -0.640. The van der Waals surface area contributed by atoms with Gasteiger partial charge < -0.3 is 20.1 Å². The number of carbonyl (C=O) groups excluding carboxylic acids is 2. The zero-order valence-corrected chi connectivity index (χ0v) is 12.2. The molecule has 0 saturated heterocycles. The standard InChI is InChI=1S/C15H20N2O4/c1-20-12-6-4-3-5-11(12)13(21-2)9-16-14(18)15(19)17-10-7-8-10/h3-6,10,13H,7-9H2,1-2H3,(H,16,18)(H,17,19). The van der Waals surface area contributed by atoms with Crippen molar-refractivity contribution in [1.82, 2.24) is 10.6 Å². The van der Waals surface area contributed by atoms with Gasteiger partial charge >= 0.3 is 11.8 Å². The molecule has 0 aliphatic heterocycles. The number of nitrogens with one attached hydrogen (secondary N) is 2. The summed E-state index contributed by atoms with van der Waals surface area (Å²) >= 11 is 0. The quantitative estimate of drug-likeness (QED) is 0.760. The molecule has 1 saturated carbocycles. The van der Waals surface area contributed by atoms with Crippen LogP contribution in [0.25, 0.3) is 0 Å². The minimum Gasteiger partial charge on any atom is -0.496 e. The molecular formula is C15H20N2O4. The zero-order chi connectivity index (χ0) is 15.2. The molecule has 0 bridgehead atoms. The summed E-state index contributed by atoms with van der Waals surface area (Å²) in [5, 5.41) is 5.23. The first-order valence-corrected chi connectivity index (χ1v) is 6.90. The Kier molecular flexibility index (Phi) is 5.16. The molecule has 21 heavy (non-hydrogen) atoms. The molecule has 2 N–H and O–H groups in total. The molecule has 1 atom stereocenters. The normalized spacial score (nSPS) is 15.1. The van der Waals surface area contributed by atoms with E-state index in [1.165, 1.54) is 0 Å². The summed E-state index contributed by atoms with van der Waals surface area (Å²) in [5.74, 6) is -0.549. The molecule has 1 aliphatic rings. The smallest absolute Gasteiger partial charge is 0.309 e. The molecule has 1 aromatic carbocycles. The van der Waals surface area contributed by atoms with E-state index in [0.29, 0.717) is 5.75 Å². The number of amides is 2. The number of ether oxygens (including phenoxy) is 2. The molecular weight excluding hydrogens is 272 g/mol. The fourth-order valence-corrected chi connectivity index (χ4v) is 2.00. The molecule has 0 spiro atoms. The lowest BCUT2D eigenvalue weighted by Gasteiger charge is -2.18. The van der Waals surface area contributed by atoms with Gasteiger partial charge in [-0.2, -0.15) is 0 Å². The summed E-state index contributed by atoms with van der Waals surface area (Å²) in [6.45, 7) is 0.202.